The lowest BCUT2D eigenvalue weighted by atomic mass is 10.4. The lowest BCUT2D eigenvalue weighted by Crippen LogP contribution is -2.30. The van der Waals surface area contributed by atoms with Crippen LogP contribution in [0.25, 0.3) is 22.7 Å². The molecule has 0 amide bonds. The maximum atomic E-state index is 11.8. The number of imidazole rings is 1. The van der Waals surface area contributed by atoms with Crippen LogP contribution in [0.15, 0.2) is 26.1 Å². The molecule has 0 fully saturated rings. The van der Waals surface area contributed by atoms with Crippen LogP contribution in [0.3, 0.4) is 0 Å². The molecule has 3 rings (SSSR count). The second-order valence-corrected chi connectivity index (χ2v) is 4.67. The summed E-state index contributed by atoms with van der Waals surface area (Å²) in [7, 11) is 0. The Morgan fingerprint density at radius 1 is 1.35 bits per heavy atom. The fraction of sp³-hybridized carbons (Fsp3) is 0.250. The van der Waals surface area contributed by atoms with Crippen molar-refractivity contribution in [3.8, 4) is 11.6 Å². The summed E-state index contributed by atoms with van der Waals surface area (Å²) in [5, 5.41) is 0.223. The number of hydrogen-bond acceptors (Lipinski definition) is 4. The Hall–Kier alpha value is -2.28. The molecule has 0 spiro atoms. The average molecular weight is 295 g/mol. The van der Waals surface area contributed by atoms with Gasteiger partial charge in [-0.05, 0) is 30.2 Å². The van der Waals surface area contributed by atoms with Crippen LogP contribution >= 0.6 is 11.6 Å². The van der Waals surface area contributed by atoms with Gasteiger partial charge in [0.25, 0.3) is 5.56 Å². The molecule has 0 unspecified atom stereocenters. The first kappa shape index (κ1) is 12.7. The zero-order valence-corrected chi connectivity index (χ0v) is 11.3. The lowest BCUT2D eigenvalue weighted by molar-refractivity contribution is 0.580. The van der Waals surface area contributed by atoms with Crippen molar-refractivity contribution in [2.24, 2.45) is 0 Å². The van der Waals surface area contributed by atoms with Gasteiger partial charge in [0.2, 0.25) is 0 Å². The third-order valence-electron chi connectivity index (χ3n) is 2.89. The highest BCUT2D eigenvalue weighted by Gasteiger charge is 2.15. The van der Waals surface area contributed by atoms with E-state index in [9.17, 15) is 9.59 Å². The van der Waals surface area contributed by atoms with Crippen molar-refractivity contribution in [3.63, 3.8) is 0 Å². The van der Waals surface area contributed by atoms with Crippen molar-refractivity contribution >= 4 is 22.8 Å². The summed E-state index contributed by atoms with van der Waals surface area (Å²) in [5.74, 6) is 0.758. The fourth-order valence-corrected chi connectivity index (χ4v) is 2.18. The van der Waals surface area contributed by atoms with Crippen LogP contribution in [0, 0.1) is 0 Å². The molecule has 0 aliphatic rings. The molecule has 0 aromatic carbocycles. The molecule has 3 heterocycles. The van der Waals surface area contributed by atoms with Crippen molar-refractivity contribution < 1.29 is 4.42 Å². The van der Waals surface area contributed by atoms with Gasteiger partial charge in [0.05, 0.1) is 0 Å². The van der Waals surface area contributed by atoms with Gasteiger partial charge in [-0.15, -0.1) is 0 Å². The number of H-pyrrole nitrogens is 2. The standard InChI is InChI=1S/C12H11ClN4O3/c1-2-5-17-10-8(11(18)16-12(17)19)14-9(15-10)6-3-4-7(13)20-6/h3-4H,2,5H2,1H3,(H,14,15)(H,16,18,19). The first-order valence-electron chi connectivity index (χ1n) is 6.08. The molecule has 2 N–H and O–H groups in total. The number of hydrogen-bond donors (Lipinski definition) is 2. The Balaban J connectivity index is 2.29. The highest BCUT2D eigenvalue weighted by atomic mass is 35.5. The molecular formula is C12H11ClN4O3. The van der Waals surface area contributed by atoms with Gasteiger partial charge >= 0.3 is 5.69 Å². The molecule has 0 aliphatic heterocycles. The Kier molecular flexibility index (Phi) is 2.98. The van der Waals surface area contributed by atoms with E-state index in [2.05, 4.69) is 15.0 Å². The summed E-state index contributed by atoms with van der Waals surface area (Å²) in [6.07, 6.45) is 0.746. The predicted octanol–water partition coefficient (Wildman–Crippen LogP) is 1.74. The third-order valence-corrected chi connectivity index (χ3v) is 3.09. The van der Waals surface area contributed by atoms with Gasteiger partial charge in [-0.2, -0.15) is 0 Å². The van der Waals surface area contributed by atoms with Crippen molar-refractivity contribution in [1.29, 1.82) is 0 Å². The number of nitrogens with one attached hydrogen (secondary N) is 2. The largest absolute Gasteiger partial charge is 0.441 e. The number of aromatic amines is 2. The number of rotatable bonds is 3. The van der Waals surface area contributed by atoms with Crippen LogP contribution in [-0.2, 0) is 6.54 Å². The van der Waals surface area contributed by atoms with Crippen LogP contribution < -0.4 is 11.2 Å². The minimum absolute atomic E-state index is 0.223. The zero-order chi connectivity index (χ0) is 14.3. The first-order valence-corrected chi connectivity index (χ1v) is 6.46. The van der Waals surface area contributed by atoms with Crippen LogP contribution in [-0.4, -0.2) is 19.5 Å². The maximum Gasteiger partial charge on any atom is 0.330 e. The summed E-state index contributed by atoms with van der Waals surface area (Å²) >= 11 is 5.72. The molecular weight excluding hydrogens is 284 g/mol. The van der Waals surface area contributed by atoms with Crippen molar-refractivity contribution in [3.05, 3.63) is 38.2 Å². The number of furan rings is 1. The molecule has 20 heavy (non-hydrogen) atoms. The molecule has 0 bridgehead atoms. The third kappa shape index (κ3) is 1.96. The van der Waals surface area contributed by atoms with E-state index in [0.29, 0.717) is 23.8 Å². The minimum Gasteiger partial charge on any atom is -0.441 e. The molecule has 3 aromatic rings. The van der Waals surface area contributed by atoms with Gasteiger partial charge < -0.3 is 9.40 Å². The fourth-order valence-electron chi connectivity index (χ4n) is 2.03. The van der Waals surface area contributed by atoms with Gasteiger partial charge in [-0.1, -0.05) is 6.92 Å². The SMILES string of the molecule is CCCn1c(=O)[nH]c(=O)c2[nH]c(-c3ccc(Cl)o3)nc21. The molecule has 7 nitrogen and oxygen atoms in total. The Morgan fingerprint density at radius 3 is 2.80 bits per heavy atom. The molecule has 3 aromatic heterocycles. The molecule has 0 radical (unpaired) electrons. The van der Waals surface area contributed by atoms with E-state index >= 15 is 0 Å². The topological polar surface area (TPSA) is 96.7 Å². The summed E-state index contributed by atoms with van der Waals surface area (Å²) in [5.41, 5.74) is -0.433. The van der Waals surface area contributed by atoms with Crippen LogP contribution in [0.5, 0.6) is 0 Å². The van der Waals surface area contributed by atoms with Crippen LogP contribution in [0.2, 0.25) is 5.22 Å². The highest BCUT2D eigenvalue weighted by molar-refractivity contribution is 6.28. The summed E-state index contributed by atoms with van der Waals surface area (Å²) in [4.78, 5) is 33.0. The van der Waals surface area contributed by atoms with Crippen LogP contribution in [0.1, 0.15) is 13.3 Å². The summed E-state index contributed by atoms with van der Waals surface area (Å²) in [6.45, 7) is 2.40. The predicted molar refractivity (Wildman–Crippen MR) is 74.0 cm³/mol. The van der Waals surface area contributed by atoms with Crippen molar-refractivity contribution in [1.82, 2.24) is 19.5 Å². The molecule has 0 saturated heterocycles. The number of nitrogens with zero attached hydrogens (tertiary/aromatic N) is 2. The van der Waals surface area contributed by atoms with E-state index in [1.54, 1.807) is 12.1 Å². The van der Waals surface area contributed by atoms with Gasteiger partial charge in [0.1, 0.15) is 5.52 Å². The van der Waals surface area contributed by atoms with E-state index in [1.165, 1.54) is 4.57 Å². The lowest BCUT2D eigenvalue weighted by Gasteiger charge is -2.02. The Bertz CT molecular complexity index is 886. The summed E-state index contributed by atoms with van der Waals surface area (Å²) in [6, 6.07) is 3.21. The minimum atomic E-state index is -0.506. The second kappa shape index (κ2) is 4.68. The smallest absolute Gasteiger partial charge is 0.330 e. The van der Waals surface area contributed by atoms with Gasteiger partial charge in [0, 0.05) is 6.54 Å². The summed E-state index contributed by atoms with van der Waals surface area (Å²) < 4.78 is 6.66. The zero-order valence-electron chi connectivity index (χ0n) is 10.6. The number of fused-ring (bicyclic) bond motifs is 1. The molecule has 0 saturated carbocycles. The molecule has 8 heteroatoms. The van der Waals surface area contributed by atoms with Gasteiger partial charge in [0.15, 0.2) is 22.5 Å². The van der Waals surface area contributed by atoms with Crippen molar-refractivity contribution in [2.45, 2.75) is 19.9 Å². The molecule has 104 valence electrons. The Labute approximate surface area is 117 Å². The van der Waals surface area contributed by atoms with E-state index < -0.39 is 11.2 Å². The monoisotopic (exact) mass is 294 g/mol. The number of aryl methyl sites for hydroxylation is 1. The molecule has 0 aliphatic carbocycles. The highest BCUT2D eigenvalue weighted by Crippen LogP contribution is 2.23. The van der Waals surface area contributed by atoms with Crippen molar-refractivity contribution in [2.75, 3.05) is 0 Å². The average Bonchev–Trinajstić information content (AvgIpc) is 3.00. The van der Waals surface area contributed by atoms with E-state index in [4.69, 9.17) is 16.0 Å². The van der Waals surface area contributed by atoms with E-state index in [1.807, 2.05) is 6.92 Å². The van der Waals surface area contributed by atoms with E-state index in [-0.39, 0.29) is 10.7 Å². The quantitative estimate of drug-likeness (QED) is 0.769. The second-order valence-electron chi connectivity index (χ2n) is 4.30. The normalized spacial score (nSPS) is 11.3. The Morgan fingerprint density at radius 2 is 2.15 bits per heavy atom. The number of halogens is 1. The maximum absolute atomic E-state index is 11.8. The molecule has 0 atom stereocenters. The van der Waals surface area contributed by atoms with Gasteiger partial charge in [-0.25, -0.2) is 9.78 Å². The van der Waals surface area contributed by atoms with E-state index in [0.717, 1.165) is 6.42 Å². The first-order chi connectivity index (χ1) is 9.60. The van der Waals surface area contributed by atoms with Gasteiger partial charge in [-0.3, -0.25) is 14.3 Å². The van der Waals surface area contributed by atoms with Crippen LogP contribution in [0.4, 0.5) is 0 Å². The number of aromatic nitrogens is 4.